The normalized spacial score (nSPS) is 13.6. The lowest BCUT2D eigenvalue weighted by Gasteiger charge is -2.19. The first-order valence-electron chi connectivity index (χ1n) is 8.98. The standard InChI is InChI=1S/C21H24N2O4/c1-13(5-6-14-3-2-4-15(24)11-14)22-12-19(26)16-7-9-18(25)21-17(16)8-10-20(27)23-21/h2-4,7-11,13,19,22,24-26H,5-6,12H2,1H3,(H,23,27). The molecule has 2 unspecified atom stereocenters. The van der Waals surface area contributed by atoms with E-state index >= 15 is 0 Å². The summed E-state index contributed by atoms with van der Waals surface area (Å²) in [6.45, 7) is 2.39. The minimum absolute atomic E-state index is 0.0221. The van der Waals surface area contributed by atoms with Gasteiger partial charge in [0.15, 0.2) is 0 Å². The maximum Gasteiger partial charge on any atom is 0.248 e. The molecule has 2 atom stereocenters. The summed E-state index contributed by atoms with van der Waals surface area (Å²) < 4.78 is 0. The van der Waals surface area contributed by atoms with Gasteiger partial charge in [-0.25, -0.2) is 0 Å². The maximum atomic E-state index is 11.5. The van der Waals surface area contributed by atoms with Crippen LogP contribution in [-0.4, -0.2) is 32.9 Å². The van der Waals surface area contributed by atoms with Gasteiger partial charge in [0.1, 0.15) is 11.5 Å². The number of hydrogen-bond donors (Lipinski definition) is 5. The molecule has 0 amide bonds. The lowest BCUT2D eigenvalue weighted by Crippen LogP contribution is -2.31. The second-order valence-corrected chi connectivity index (χ2v) is 6.82. The quantitative estimate of drug-likeness (QED) is 0.441. The number of H-pyrrole nitrogens is 1. The average molecular weight is 368 g/mol. The Labute approximate surface area is 157 Å². The number of phenolic OH excluding ortho intramolecular Hbond substituents is 2. The number of aliphatic hydroxyl groups is 1. The van der Waals surface area contributed by atoms with E-state index in [9.17, 15) is 20.1 Å². The van der Waals surface area contributed by atoms with Crippen LogP contribution in [0.4, 0.5) is 0 Å². The molecule has 27 heavy (non-hydrogen) atoms. The molecular formula is C21H24N2O4. The Kier molecular flexibility index (Phi) is 5.78. The highest BCUT2D eigenvalue weighted by molar-refractivity contribution is 5.87. The molecule has 0 spiro atoms. The summed E-state index contributed by atoms with van der Waals surface area (Å²) in [6, 6.07) is 13.5. The number of rotatable bonds is 7. The third kappa shape index (κ3) is 4.67. The van der Waals surface area contributed by atoms with Crippen molar-refractivity contribution in [1.29, 1.82) is 0 Å². The van der Waals surface area contributed by atoms with Crippen LogP contribution in [0.15, 0.2) is 53.3 Å². The van der Waals surface area contributed by atoms with E-state index in [2.05, 4.69) is 10.3 Å². The number of phenols is 2. The number of nitrogens with one attached hydrogen (secondary N) is 2. The smallest absolute Gasteiger partial charge is 0.248 e. The summed E-state index contributed by atoms with van der Waals surface area (Å²) in [7, 11) is 0. The summed E-state index contributed by atoms with van der Waals surface area (Å²) in [4.78, 5) is 14.1. The lowest BCUT2D eigenvalue weighted by atomic mass is 10.0. The van der Waals surface area contributed by atoms with Crippen molar-refractivity contribution in [2.75, 3.05) is 6.54 Å². The van der Waals surface area contributed by atoms with Crippen molar-refractivity contribution >= 4 is 10.9 Å². The first kappa shape index (κ1) is 18.9. The van der Waals surface area contributed by atoms with Crippen LogP contribution in [0.3, 0.4) is 0 Å². The van der Waals surface area contributed by atoms with Crippen molar-refractivity contribution < 1.29 is 15.3 Å². The molecule has 6 nitrogen and oxygen atoms in total. The molecule has 0 saturated carbocycles. The predicted octanol–water partition coefficient (Wildman–Crippen LogP) is 2.58. The summed E-state index contributed by atoms with van der Waals surface area (Å²) in [5, 5.41) is 34.0. The average Bonchev–Trinajstić information content (AvgIpc) is 2.65. The van der Waals surface area contributed by atoms with Gasteiger partial charge < -0.3 is 25.6 Å². The minimum atomic E-state index is -0.776. The van der Waals surface area contributed by atoms with Gasteiger partial charge in [-0.15, -0.1) is 0 Å². The number of aromatic nitrogens is 1. The van der Waals surface area contributed by atoms with E-state index in [4.69, 9.17) is 0 Å². The number of pyridine rings is 1. The van der Waals surface area contributed by atoms with Crippen LogP contribution in [0.5, 0.6) is 11.5 Å². The molecule has 1 aromatic heterocycles. The van der Waals surface area contributed by atoms with Crippen molar-refractivity contribution in [2.24, 2.45) is 0 Å². The minimum Gasteiger partial charge on any atom is -0.508 e. The van der Waals surface area contributed by atoms with Gasteiger partial charge >= 0.3 is 0 Å². The topological polar surface area (TPSA) is 106 Å². The number of aromatic amines is 1. The predicted molar refractivity (Wildman–Crippen MR) is 105 cm³/mol. The summed E-state index contributed by atoms with van der Waals surface area (Å²) in [5.41, 5.74) is 1.74. The number of hydrogen-bond acceptors (Lipinski definition) is 5. The SMILES string of the molecule is CC(CCc1cccc(O)c1)NCC(O)c1ccc(O)c2[nH]c(=O)ccc12. The van der Waals surface area contributed by atoms with Crippen LogP contribution in [0.1, 0.15) is 30.6 Å². The van der Waals surface area contributed by atoms with E-state index < -0.39 is 6.10 Å². The van der Waals surface area contributed by atoms with Gasteiger partial charge in [-0.05, 0) is 55.2 Å². The summed E-state index contributed by atoms with van der Waals surface area (Å²) in [5.74, 6) is 0.242. The van der Waals surface area contributed by atoms with Crippen LogP contribution in [0.25, 0.3) is 10.9 Å². The van der Waals surface area contributed by atoms with Crippen LogP contribution >= 0.6 is 0 Å². The van der Waals surface area contributed by atoms with Crippen molar-refractivity contribution in [1.82, 2.24) is 10.3 Å². The number of fused-ring (bicyclic) bond motifs is 1. The highest BCUT2D eigenvalue weighted by atomic mass is 16.3. The number of aryl methyl sites for hydroxylation is 1. The third-order valence-electron chi connectivity index (χ3n) is 4.70. The Balaban J connectivity index is 1.62. The lowest BCUT2D eigenvalue weighted by molar-refractivity contribution is 0.171. The van der Waals surface area contributed by atoms with Gasteiger partial charge in [-0.2, -0.15) is 0 Å². The second-order valence-electron chi connectivity index (χ2n) is 6.82. The molecule has 0 saturated heterocycles. The molecule has 0 bridgehead atoms. The Bertz CT molecular complexity index is 983. The number of aromatic hydroxyl groups is 2. The molecule has 0 aliphatic heterocycles. The van der Waals surface area contributed by atoms with E-state index in [0.29, 0.717) is 23.0 Å². The van der Waals surface area contributed by atoms with Crippen LogP contribution in [0.2, 0.25) is 0 Å². The molecule has 5 N–H and O–H groups in total. The molecule has 6 heteroatoms. The zero-order valence-corrected chi connectivity index (χ0v) is 15.1. The van der Waals surface area contributed by atoms with Crippen molar-refractivity contribution in [3.8, 4) is 11.5 Å². The van der Waals surface area contributed by atoms with Crippen molar-refractivity contribution in [2.45, 2.75) is 31.9 Å². The van der Waals surface area contributed by atoms with Gasteiger partial charge in [0.2, 0.25) is 5.56 Å². The molecule has 0 aliphatic carbocycles. The molecule has 3 rings (SSSR count). The fraction of sp³-hybridized carbons (Fsp3) is 0.286. The van der Waals surface area contributed by atoms with Crippen LogP contribution in [-0.2, 0) is 6.42 Å². The molecule has 0 fully saturated rings. The number of aliphatic hydroxyl groups excluding tert-OH is 1. The summed E-state index contributed by atoms with van der Waals surface area (Å²) >= 11 is 0. The van der Waals surface area contributed by atoms with Crippen molar-refractivity contribution in [3.05, 3.63) is 70.0 Å². The Hall–Kier alpha value is -2.83. The largest absolute Gasteiger partial charge is 0.508 e. The molecule has 3 aromatic rings. The third-order valence-corrected chi connectivity index (χ3v) is 4.70. The van der Waals surface area contributed by atoms with E-state index in [1.54, 1.807) is 24.3 Å². The Morgan fingerprint density at radius 3 is 2.70 bits per heavy atom. The zero-order valence-electron chi connectivity index (χ0n) is 15.1. The molecule has 142 valence electrons. The zero-order chi connectivity index (χ0) is 19.4. The first-order valence-corrected chi connectivity index (χ1v) is 8.98. The molecular weight excluding hydrogens is 344 g/mol. The Morgan fingerprint density at radius 1 is 1.11 bits per heavy atom. The molecule has 0 aliphatic rings. The van der Waals surface area contributed by atoms with E-state index in [0.717, 1.165) is 18.4 Å². The van der Waals surface area contributed by atoms with Gasteiger partial charge in [-0.3, -0.25) is 4.79 Å². The second kappa shape index (κ2) is 8.24. The monoisotopic (exact) mass is 368 g/mol. The van der Waals surface area contributed by atoms with E-state index in [1.165, 1.54) is 12.1 Å². The highest BCUT2D eigenvalue weighted by Crippen LogP contribution is 2.28. The fourth-order valence-corrected chi connectivity index (χ4v) is 3.17. The first-order chi connectivity index (χ1) is 12.9. The van der Waals surface area contributed by atoms with Gasteiger partial charge in [0.05, 0.1) is 11.6 Å². The van der Waals surface area contributed by atoms with E-state index in [-0.39, 0.29) is 23.1 Å². The van der Waals surface area contributed by atoms with Crippen LogP contribution < -0.4 is 10.9 Å². The number of benzene rings is 2. The summed E-state index contributed by atoms with van der Waals surface area (Å²) in [6.07, 6.45) is 0.907. The van der Waals surface area contributed by atoms with Crippen molar-refractivity contribution in [3.63, 3.8) is 0 Å². The van der Waals surface area contributed by atoms with Gasteiger partial charge in [0, 0.05) is 24.0 Å². The molecule has 0 radical (unpaired) electrons. The fourth-order valence-electron chi connectivity index (χ4n) is 3.17. The Morgan fingerprint density at radius 2 is 1.93 bits per heavy atom. The van der Waals surface area contributed by atoms with Gasteiger partial charge in [-0.1, -0.05) is 18.2 Å². The van der Waals surface area contributed by atoms with Crippen LogP contribution in [0, 0.1) is 0 Å². The van der Waals surface area contributed by atoms with E-state index in [1.807, 2.05) is 19.1 Å². The van der Waals surface area contributed by atoms with Gasteiger partial charge in [0.25, 0.3) is 0 Å². The molecule has 2 aromatic carbocycles. The highest BCUT2D eigenvalue weighted by Gasteiger charge is 2.15. The maximum absolute atomic E-state index is 11.5. The molecule has 1 heterocycles.